The Morgan fingerprint density at radius 1 is 0.789 bits per heavy atom. The van der Waals surface area contributed by atoms with E-state index in [2.05, 4.69) is 16.2 Å². The number of amides is 3. The Morgan fingerprint density at radius 3 is 2.05 bits per heavy atom. The quantitative estimate of drug-likeness (QED) is 0.638. The molecule has 2 aliphatic carbocycles. The summed E-state index contributed by atoms with van der Waals surface area (Å²) in [6.07, 6.45) is 6.96. The maximum atomic E-state index is 11.8. The first kappa shape index (κ1) is 13.8. The first-order valence-corrected chi connectivity index (χ1v) is 7.03. The maximum absolute atomic E-state index is 11.8. The molecule has 106 valence electrons. The predicted octanol–water partition coefficient (Wildman–Crippen LogP) is 0.240. The molecule has 0 radical (unpaired) electrons. The summed E-state index contributed by atoms with van der Waals surface area (Å²) in [6.45, 7) is -0.0831. The third-order valence-electron chi connectivity index (χ3n) is 3.67. The molecule has 0 aromatic carbocycles. The SMILES string of the molecule is O=C(CNC(=O)C1CCCCC1)NNC(=O)C1CC1. The van der Waals surface area contributed by atoms with E-state index in [-0.39, 0.29) is 30.2 Å². The highest BCUT2D eigenvalue weighted by Gasteiger charge is 2.29. The summed E-state index contributed by atoms with van der Waals surface area (Å²) < 4.78 is 0. The Morgan fingerprint density at radius 2 is 1.42 bits per heavy atom. The van der Waals surface area contributed by atoms with Gasteiger partial charge in [-0.25, -0.2) is 0 Å². The van der Waals surface area contributed by atoms with Crippen LogP contribution in [-0.4, -0.2) is 24.3 Å². The van der Waals surface area contributed by atoms with E-state index in [1.807, 2.05) is 0 Å². The van der Waals surface area contributed by atoms with E-state index in [4.69, 9.17) is 0 Å². The molecule has 0 aromatic rings. The first-order chi connectivity index (χ1) is 9.16. The lowest BCUT2D eigenvalue weighted by molar-refractivity contribution is -0.131. The first-order valence-electron chi connectivity index (χ1n) is 7.03. The van der Waals surface area contributed by atoms with Crippen molar-refractivity contribution < 1.29 is 14.4 Å². The standard InChI is InChI=1S/C13H21N3O3/c17-11(15-16-13(19)10-6-7-10)8-14-12(18)9-4-2-1-3-5-9/h9-10H,1-8H2,(H,14,18)(H,15,17)(H,16,19). The van der Waals surface area contributed by atoms with Gasteiger partial charge in [0.05, 0.1) is 6.54 Å². The number of nitrogens with one attached hydrogen (secondary N) is 3. The summed E-state index contributed by atoms with van der Waals surface area (Å²) in [7, 11) is 0. The fourth-order valence-corrected chi connectivity index (χ4v) is 2.30. The Labute approximate surface area is 112 Å². The van der Waals surface area contributed by atoms with E-state index in [1.165, 1.54) is 6.42 Å². The van der Waals surface area contributed by atoms with Crippen molar-refractivity contribution in [3.05, 3.63) is 0 Å². The lowest BCUT2D eigenvalue weighted by Gasteiger charge is -2.20. The average molecular weight is 267 g/mol. The van der Waals surface area contributed by atoms with Gasteiger partial charge in [0.1, 0.15) is 0 Å². The molecule has 0 aromatic heterocycles. The van der Waals surface area contributed by atoms with Gasteiger partial charge in [-0.05, 0) is 25.7 Å². The molecule has 6 heteroatoms. The third-order valence-corrected chi connectivity index (χ3v) is 3.67. The lowest BCUT2D eigenvalue weighted by Crippen LogP contribution is -2.47. The van der Waals surface area contributed by atoms with Crippen LogP contribution in [0.1, 0.15) is 44.9 Å². The van der Waals surface area contributed by atoms with Crippen molar-refractivity contribution in [1.29, 1.82) is 0 Å². The molecule has 0 spiro atoms. The van der Waals surface area contributed by atoms with Crippen LogP contribution in [0.3, 0.4) is 0 Å². The molecule has 2 fully saturated rings. The molecule has 0 saturated heterocycles. The molecule has 0 unspecified atom stereocenters. The van der Waals surface area contributed by atoms with Crippen LogP contribution in [0.2, 0.25) is 0 Å². The second-order valence-electron chi connectivity index (χ2n) is 5.36. The molecule has 2 saturated carbocycles. The molecular formula is C13H21N3O3. The zero-order valence-electron chi connectivity index (χ0n) is 11.0. The monoisotopic (exact) mass is 267 g/mol. The molecule has 2 rings (SSSR count). The largest absolute Gasteiger partial charge is 0.347 e. The van der Waals surface area contributed by atoms with Crippen molar-refractivity contribution in [2.75, 3.05) is 6.54 Å². The second-order valence-corrected chi connectivity index (χ2v) is 5.36. The summed E-state index contributed by atoms with van der Waals surface area (Å²) >= 11 is 0. The van der Waals surface area contributed by atoms with Crippen LogP contribution in [0.4, 0.5) is 0 Å². The zero-order chi connectivity index (χ0) is 13.7. The molecule has 19 heavy (non-hydrogen) atoms. The predicted molar refractivity (Wildman–Crippen MR) is 68.6 cm³/mol. The normalized spacial score (nSPS) is 19.6. The Hall–Kier alpha value is -1.59. The van der Waals surface area contributed by atoms with Crippen molar-refractivity contribution >= 4 is 17.7 Å². The molecule has 6 nitrogen and oxygen atoms in total. The summed E-state index contributed by atoms with van der Waals surface area (Å²) in [5, 5.41) is 2.62. The van der Waals surface area contributed by atoms with Crippen molar-refractivity contribution in [3.8, 4) is 0 Å². The summed E-state index contributed by atoms with van der Waals surface area (Å²) in [4.78, 5) is 34.5. The van der Waals surface area contributed by atoms with Crippen LogP contribution < -0.4 is 16.2 Å². The molecule has 3 amide bonds. The minimum atomic E-state index is -0.391. The number of carbonyl (C=O) groups is 3. The van der Waals surface area contributed by atoms with Crippen molar-refractivity contribution in [1.82, 2.24) is 16.2 Å². The van der Waals surface area contributed by atoms with Crippen LogP contribution in [0.15, 0.2) is 0 Å². The molecule has 0 bridgehead atoms. The fourth-order valence-electron chi connectivity index (χ4n) is 2.30. The van der Waals surface area contributed by atoms with Gasteiger partial charge in [0.25, 0.3) is 5.91 Å². The minimum absolute atomic E-state index is 0.0441. The molecule has 3 N–H and O–H groups in total. The third kappa shape index (κ3) is 4.54. The molecular weight excluding hydrogens is 246 g/mol. The number of rotatable bonds is 4. The smallest absolute Gasteiger partial charge is 0.257 e. The van der Waals surface area contributed by atoms with Crippen molar-refractivity contribution in [2.24, 2.45) is 11.8 Å². The summed E-state index contributed by atoms with van der Waals surface area (Å²) in [6, 6.07) is 0. The summed E-state index contributed by atoms with van der Waals surface area (Å²) in [5.74, 6) is -0.492. The van der Waals surface area contributed by atoms with Crippen LogP contribution in [-0.2, 0) is 14.4 Å². The van der Waals surface area contributed by atoms with Gasteiger partial charge in [-0.15, -0.1) is 0 Å². The topological polar surface area (TPSA) is 87.3 Å². The van der Waals surface area contributed by atoms with Gasteiger partial charge in [0.15, 0.2) is 0 Å². The number of hydrogen-bond donors (Lipinski definition) is 3. The second kappa shape index (κ2) is 6.54. The zero-order valence-corrected chi connectivity index (χ0v) is 11.0. The molecule has 0 heterocycles. The summed E-state index contributed by atoms with van der Waals surface area (Å²) in [5.41, 5.74) is 4.67. The van der Waals surface area contributed by atoms with Gasteiger partial charge in [-0.1, -0.05) is 19.3 Å². The molecule has 0 aliphatic heterocycles. The molecule has 2 aliphatic rings. The van der Waals surface area contributed by atoms with E-state index in [9.17, 15) is 14.4 Å². The highest BCUT2D eigenvalue weighted by molar-refractivity contribution is 5.88. The number of carbonyl (C=O) groups excluding carboxylic acids is 3. The van der Waals surface area contributed by atoms with E-state index in [0.29, 0.717) is 0 Å². The number of hydrazine groups is 1. The van der Waals surface area contributed by atoms with Crippen LogP contribution in [0, 0.1) is 11.8 Å². The van der Waals surface area contributed by atoms with Crippen molar-refractivity contribution in [2.45, 2.75) is 44.9 Å². The number of hydrogen-bond acceptors (Lipinski definition) is 3. The van der Waals surface area contributed by atoms with Crippen LogP contribution in [0.5, 0.6) is 0 Å². The van der Waals surface area contributed by atoms with E-state index >= 15 is 0 Å². The van der Waals surface area contributed by atoms with Gasteiger partial charge >= 0.3 is 0 Å². The fraction of sp³-hybridized carbons (Fsp3) is 0.769. The molecule has 0 atom stereocenters. The van der Waals surface area contributed by atoms with E-state index in [0.717, 1.165) is 38.5 Å². The Balaban J connectivity index is 1.59. The van der Waals surface area contributed by atoms with Gasteiger partial charge < -0.3 is 5.32 Å². The lowest BCUT2D eigenvalue weighted by atomic mass is 9.89. The van der Waals surface area contributed by atoms with Gasteiger partial charge in [0, 0.05) is 11.8 Å². The van der Waals surface area contributed by atoms with Crippen molar-refractivity contribution in [3.63, 3.8) is 0 Å². The van der Waals surface area contributed by atoms with Gasteiger partial charge in [0.2, 0.25) is 11.8 Å². The van der Waals surface area contributed by atoms with E-state index < -0.39 is 5.91 Å². The van der Waals surface area contributed by atoms with Gasteiger partial charge in [-0.2, -0.15) is 0 Å². The minimum Gasteiger partial charge on any atom is -0.347 e. The average Bonchev–Trinajstić information content (AvgIpc) is 3.27. The highest BCUT2D eigenvalue weighted by Crippen LogP contribution is 2.28. The van der Waals surface area contributed by atoms with E-state index in [1.54, 1.807) is 0 Å². The highest BCUT2D eigenvalue weighted by atomic mass is 16.2. The van der Waals surface area contributed by atoms with Crippen LogP contribution >= 0.6 is 0 Å². The van der Waals surface area contributed by atoms with Gasteiger partial charge in [-0.3, -0.25) is 25.2 Å². The Kier molecular flexibility index (Phi) is 4.76. The Bertz CT molecular complexity index is 360. The van der Waals surface area contributed by atoms with Crippen LogP contribution in [0.25, 0.3) is 0 Å². The maximum Gasteiger partial charge on any atom is 0.257 e.